The van der Waals surface area contributed by atoms with Crippen molar-refractivity contribution in [3.63, 3.8) is 0 Å². The molecule has 0 radical (unpaired) electrons. The molecule has 2 aliphatic rings. The van der Waals surface area contributed by atoms with E-state index in [1.807, 2.05) is 5.38 Å². The number of rotatable bonds is 10. The summed E-state index contributed by atoms with van der Waals surface area (Å²) in [5, 5.41) is 18.4. The summed E-state index contributed by atoms with van der Waals surface area (Å²) >= 11 is 1.58. The van der Waals surface area contributed by atoms with Crippen LogP contribution in [0.2, 0.25) is 0 Å². The first-order chi connectivity index (χ1) is 19.7. The molecule has 8 nitrogen and oxygen atoms in total. The van der Waals surface area contributed by atoms with E-state index in [1.165, 1.54) is 23.3 Å². The van der Waals surface area contributed by atoms with Crippen LogP contribution in [0, 0.1) is 5.82 Å². The Bertz CT molecular complexity index is 1510. The molecular formula is C30H31FN4O4S. The summed E-state index contributed by atoms with van der Waals surface area (Å²) in [7, 11) is 0. The molecule has 0 spiro atoms. The fourth-order valence-corrected chi connectivity index (χ4v) is 5.82. The molecule has 6 rings (SSSR count). The normalized spacial score (nSPS) is 14.9. The number of alkyl carbamates (subject to hydrolysis) is 1. The average Bonchev–Trinajstić information content (AvgIpc) is 3.44. The third kappa shape index (κ3) is 5.94. The lowest BCUT2D eigenvalue weighted by atomic mass is 9.96. The van der Waals surface area contributed by atoms with Crippen LogP contribution in [-0.2, 0) is 22.4 Å². The number of amides is 1. The van der Waals surface area contributed by atoms with Crippen molar-refractivity contribution in [3.05, 3.63) is 64.8 Å². The van der Waals surface area contributed by atoms with Gasteiger partial charge in [-0.1, -0.05) is 12.1 Å². The standard InChI is InChI=1S/C30H31FN4O4S/c31-22-6-7-24(26(17-22)38-14-13-37-12-11-33-30(36)39-23-2-1-3-23)28-29-25(9-15-40-29)27(34-35-28)20-4-5-21-18-32-10-8-19(21)16-20/h4-7,9,15-17,23,32H,1-3,8,10-14,18H2,(H,33,36). The van der Waals surface area contributed by atoms with Crippen molar-refractivity contribution >= 4 is 27.5 Å². The van der Waals surface area contributed by atoms with Gasteiger partial charge in [-0.15, -0.1) is 21.5 Å². The summed E-state index contributed by atoms with van der Waals surface area (Å²) in [5.41, 5.74) is 5.87. The molecule has 0 atom stereocenters. The first kappa shape index (κ1) is 26.6. The molecule has 208 valence electrons. The number of ether oxygens (including phenoxy) is 3. The number of aromatic nitrogens is 2. The summed E-state index contributed by atoms with van der Waals surface area (Å²) in [6.07, 6.45) is 3.60. The highest BCUT2D eigenvalue weighted by atomic mass is 32.1. The number of carbonyl (C=O) groups is 1. The number of nitrogens with one attached hydrogen (secondary N) is 2. The molecule has 10 heteroatoms. The van der Waals surface area contributed by atoms with E-state index in [4.69, 9.17) is 14.2 Å². The monoisotopic (exact) mass is 562 g/mol. The summed E-state index contributed by atoms with van der Waals surface area (Å²) in [6, 6.07) is 13.0. The number of hydrogen-bond acceptors (Lipinski definition) is 8. The van der Waals surface area contributed by atoms with Crippen molar-refractivity contribution in [1.82, 2.24) is 20.8 Å². The van der Waals surface area contributed by atoms with Crippen LogP contribution in [0.1, 0.15) is 30.4 Å². The predicted octanol–water partition coefficient (Wildman–Crippen LogP) is 5.48. The van der Waals surface area contributed by atoms with E-state index >= 15 is 0 Å². The zero-order valence-electron chi connectivity index (χ0n) is 22.1. The van der Waals surface area contributed by atoms with E-state index in [2.05, 4.69) is 45.1 Å². The molecule has 1 amide bonds. The van der Waals surface area contributed by atoms with E-state index in [-0.39, 0.29) is 19.3 Å². The second-order valence-electron chi connectivity index (χ2n) is 9.96. The summed E-state index contributed by atoms with van der Waals surface area (Å²) < 4.78 is 31.9. The maximum Gasteiger partial charge on any atom is 0.407 e. The molecular weight excluding hydrogens is 531 g/mol. The molecule has 4 aromatic rings. The van der Waals surface area contributed by atoms with Crippen LogP contribution in [0.5, 0.6) is 5.75 Å². The summed E-state index contributed by atoms with van der Waals surface area (Å²) in [5.74, 6) is -0.0202. The van der Waals surface area contributed by atoms with Crippen LogP contribution in [0.4, 0.5) is 9.18 Å². The minimum atomic E-state index is -0.412. The first-order valence-electron chi connectivity index (χ1n) is 13.7. The van der Waals surface area contributed by atoms with E-state index in [0.717, 1.165) is 60.1 Å². The molecule has 3 heterocycles. The van der Waals surface area contributed by atoms with Crippen molar-refractivity contribution in [1.29, 1.82) is 0 Å². The number of thiophene rings is 1. The number of fused-ring (bicyclic) bond motifs is 2. The van der Waals surface area contributed by atoms with Gasteiger partial charge in [-0.3, -0.25) is 0 Å². The Hall–Kier alpha value is -3.60. The molecule has 2 aromatic carbocycles. The Morgan fingerprint density at radius 2 is 1.95 bits per heavy atom. The minimum Gasteiger partial charge on any atom is -0.490 e. The van der Waals surface area contributed by atoms with Gasteiger partial charge in [0, 0.05) is 35.7 Å². The number of halogens is 1. The summed E-state index contributed by atoms with van der Waals surface area (Å²) in [6.45, 7) is 3.02. The molecule has 0 unspecified atom stereocenters. The fraction of sp³-hybridized carbons (Fsp3) is 0.367. The Morgan fingerprint density at radius 1 is 1.05 bits per heavy atom. The number of hydrogen-bond donors (Lipinski definition) is 2. The molecule has 1 fully saturated rings. The largest absolute Gasteiger partial charge is 0.490 e. The maximum absolute atomic E-state index is 14.2. The predicted molar refractivity (Wildman–Crippen MR) is 152 cm³/mol. The maximum atomic E-state index is 14.2. The zero-order valence-corrected chi connectivity index (χ0v) is 22.9. The second-order valence-corrected chi connectivity index (χ2v) is 10.9. The molecule has 40 heavy (non-hydrogen) atoms. The van der Waals surface area contributed by atoms with Crippen molar-refractivity contribution in [3.8, 4) is 28.3 Å². The second kappa shape index (κ2) is 12.3. The average molecular weight is 563 g/mol. The van der Waals surface area contributed by atoms with Gasteiger partial charge in [0.05, 0.1) is 17.9 Å². The molecule has 0 bridgehead atoms. The van der Waals surface area contributed by atoms with E-state index < -0.39 is 11.9 Å². The van der Waals surface area contributed by atoms with Crippen LogP contribution >= 0.6 is 11.3 Å². The molecule has 1 saturated carbocycles. The molecule has 1 aliphatic carbocycles. The third-order valence-corrected chi connectivity index (χ3v) is 8.20. The van der Waals surface area contributed by atoms with Gasteiger partial charge in [0.25, 0.3) is 0 Å². The van der Waals surface area contributed by atoms with E-state index in [1.54, 1.807) is 17.4 Å². The van der Waals surface area contributed by atoms with Crippen LogP contribution in [0.15, 0.2) is 47.8 Å². The van der Waals surface area contributed by atoms with Crippen LogP contribution < -0.4 is 15.4 Å². The summed E-state index contributed by atoms with van der Waals surface area (Å²) in [4.78, 5) is 11.7. The fourth-order valence-electron chi connectivity index (χ4n) is 4.92. The Labute approximate surface area is 235 Å². The van der Waals surface area contributed by atoms with Gasteiger partial charge in [0.2, 0.25) is 0 Å². The molecule has 2 aromatic heterocycles. The van der Waals surface area contributed by atoms with Gasteiger partial charge in [-0.25, -0.2) is 9.18 Å². The van der Waals surface area contributed by atoms with Gasteiger partial charge in [-0.05, 0) is 73.0 Å². The van der Waals surface area contributed by atoms with Crippen molar-refractivity contribution < 1.29 is 23.4 Å². The Balaban J connectivity index is 1.12. The Kier molecular flexibility index (Phi) is 8.17. The lowest BCUT2D eigenvalue weighted by Crippen LogP contribution is -2.34. The van der Waals surface area contributed by atoms with Gasteiger partial charge < -0.3 is 24.8 Å². The first-order valence-corrected chi connectivity index (χ1v) is 14.6. The van der Waals surface area contributed by atoms with Gasteiger partial charge in [0.1, 0.15) is 35.7 Å². The van der Waals surface area contributed by atoms with Gasteiger partial charge in [-0.2, -0.15) is 0 Å². The highest BCUT2D eigenvalue weighted by Gasteiger charge is 2.21. The number of benzene rings is 2. The van der Waals surface area contributed by atoms with Crippen LogP contribution in [-0.4, -0.2) is 55.3 Å². The van der Waals surface area contributed by atoms with Crippen LogP contribution in [0.3, 0.4) is 0 Å². The quantitative estimate of drug-likeness (QED) is 0.247. The van der Waals surface area contributed by atoms with Gasteiger partial charge >= 0.3 is 6.09 Å². The van der Waals surface area contributed by atoms with Gasteiger partial charge in [0.15, 0.2) is 0 Å². The lowest BCUT2D eigenvalue weighted by molar-refractivity contribution is 0.0490. The van der Waals surface area contributed by atoms with Crippen molar-refractivity contribution in [2.45, 2.75) is 38.3 Å². The zero-order chi connectivity index (χ0) is 27.3. The topological polar surface area (TPSA) is 94.6 Å². The lowest BCUT2D eigenvalue weighted by Gasteiger charge is -2.25. The SMILES string of the molecule is O=C(NCCOCCOc1cc(F)ccc1-c1nnc(-c2ccc3c(c2)CCNC3)c2ccsc12)OC1CCC1. The van der Waals surface area contributed by atoms with E-state index in [9.17, 15) is 9.18 Å². The minimum absolute atomic E-state index is 0.0486. The highest BCUT2D eigenvalue weighted by molar-refractivity contribution is 7.17. The smallest absolute Gasteiger partial charge is 0.407 e. The molecule has 0 saturated heterocycles. The molecule has 2 N–H and O–H groups in total. The van der Waals surface area contributed by atoms with Crippen molar-refractivity contribution in [2.75, 3.05) is 32.9 Å². The van der Waals surface area contributed by atoms with Crippen LogP contribution in [0.25, 0.3) is 32.6 Å². The highest BCUT2D eigenvalue weighted by Crippen LogP contribution is 2.39. The Morgan fingerprint density at radius 3 is 2.83 bits per heavy atom. The molecule has 1 aliphatic heterocycles. The number of nitrogens with zero attached hydrogens (tertiary/aromatic N) is 2. The third-order valence-electron chi connectivity index (χ3n) is 7.28. The van der Waals surface area contributed by atoms with E-state index in [0.29, 0.717) is 30.2 Å². The number of carbonyl (C=O) groups excluding carboxylic acids is 1. The van der Waals surface area contributed by atoms with Crippen molar-refractivity contribution in [2.24, 2.45) is 0 Å².